The van der Waals surface area contributed by atoms with E-state index in [9.17, 15) is 9.59 Å². The molecule has 0 unspecified atom stereocenters. The maximum absolute atomic E-state index is 13.0. The van der Waals surface area contributed by atoms with Crippen molar-refractivity contribution >= 4 is 29.3 Å². The van der Waals surface area contributed by atoms with Gasteiger partial charge in [-0.15, -0.1) is 0 Å². The Kier molecular flexibility index (Phi) is 6.65. The van der Waals surface area contributed by atoms with E-state index in [4.69, 9.17) is 4.74 Å². The molecule has 0 aromatic heterocycles. The molecule has 152 valence electrons. The van der Waals surface area contributed by atoms with Crippen LogP contribution in [0.5, 0.6) is 5.75 Å². The molecule has 3 rings (SSSR count). The van der Waals surface area contributed by atoms with Crippen molar-refractivity contribution in [3.05, 3.63) is 95.1 Å². The van der Waals surface area contributed by atoms with Gasteiger partial charge in [-0.05, 0) is 60.9 Å². The number of para-hydroxylation sites is 2. The van der Waals surface area contributed by atoms with Gasteiger partial charge in [0.2, 0.25) is 0 Å². The van der Waals surface area contributed by atoms with E-state index in [-0.39, 0.29) is 5.57 Å². The molecule has 0 heterocycles. The molecule has 0 saturated heterocycles. The molecule has 0 spiro atoms. The van der Waals surface area contributed by atoms with E-state index >= 15 is 0 Å². The van der Waals surface area contributed by atoms with Crippen LogP contribution >= 0.6 is 0 Å². The highest BCUT2D eigenvalue weighted by Crippen LogP contribution is 2.20. The fraction of sp³-hybridized carbons (Fsp3) is 0.120. The van der Waals surface area contributed by atoms with Gasteiger partial charge in [0.15, 0.2) is 0 Å². The van der Waals surface area contributed by atoms with Gasteiger partial charge in [0.25, 0.3) is 11.8 Å². The summed E-state index contributed by atoms with van der Waals surface area (Å²) < 4.78 is 5.17. The number of carbonyl (C=O) groups excluding carboxylic acids is 2. The zero-order valence-corrected chi connectivity index (χ0v) is 17.2. The Morgan fingerprint density at radius 2 is 1.20 bits per heavy atom. The van der Waals surface area contributed by atoms with Crippen molar-refractivity contribution in [1.29, 1.82) is 0 Å². The second kappa shape index (κ2) is 9.56. The van der Waals surface area contributed by atoms with Crippen LogP contribution in [0.4, 0.5) is 11.4 Å². The first kappa shape index (κ1) is 20.9. The zero-order chi connectivity index (χ0) is 21.5. The van der Waals surface area contributed by atoms with Gasteiger partial charge in [-0.2, -0.15) is 0 Å². The molecule has 2 N–H and O–H groups in total. The standard InChI is InChI=1S/C25H24N2O3/c1-17-8-4-6-10-22(17)26-24(28)21(16-19-12-14-20(30-3)15-13-19)25(29)27-23-11-7-5-9-18(23)2/h4-16H,1-3H3,(H,26,28)(H,27,29). The van der Waals surface area contributed by atoms with Crippen LogP contribution in [-0.4, -0.2) is 18.9 Å². The predicted octanol–water partition coefficient (Wildman–Crippen LogP) is 4.97. The molecule has 0 atom stereocenters. The van der Waals surface area contributed by atoms with Crippen LogP contribution in [0.25, 0.3) is 6.08 Å². The summed E-state index contributed by atoms with van der Waals surface area (Å²) in [6.07, 6.45) is 1.57. The first-order chi connectivity index (χ1) is 14.5. The number of hydrogen-bond donors (Lipinski definition) is 2. The number of ether oxygens (including phenoxy) is 1. The largest absolute Gasteiger partial charge is 0.497 e. The summed E-state index contributed by atoms with van der Waals surface area (Å²) in [5, 5.41) is 5.68. The monoisotopic (exact) mass is 400 g/mol. The average Bonchev–Trinajstić information content (AvgIpc) is 2.75. The van der Waals surface area contributed by atoms with E-state index < -0.39 is 11.8 Å². The van der Waals surface area contributed by atoms with E-state index in [1.54, 1.807) is 49.6 Å². The van der Waals surface area contributed by atoms with Crippen molar-refractivity contribution in [2.45, 2.75) is 13.8 Å². The van der Waals surface area contributed by atoms with Gasteiger partial charge >= 0.3 is 0 Å². The molecule has 0 saturated carbocycles. The van der Waals surface area contributed by atoms with Gasteiger partial charge in [-0.3, -0.25) is 9.59 Å². The molecule has 0 fully saturated rings. The third kappa shape index (κ3) is 5.14. The summed E-state index contributed by atoms with van der Waals surface area (Å²) in [5.41, 5.74) is 3.86. The molecule has 0 aliphatic carbocycles. The Morgan fingerprint density at radius 3 is 1.63 bits per heavy atom. The second-order valence-electron chi connectivity index (χ2n) is 6.87. The molecule has 30 heavy (non-hydrogen) atoms. The summed E-state index contributed by atoms with van der Waals surface area (Å²) in [6, 6.07) is 22.0. The Balaban J connectivity index is 1.93. The fourth-order valence-corrected chi connectivity index (χ4v) is 2.91. The molecule has 0 radical (unpaired) electrons. The average molecular weight is 400 g/mol. The highest BCUT2D eigenvalue weighted by molar-refractivity contribution is 6.29. The maximum Gasteiger partial charge on any atom is 0.261 e. The van der Waals surface area contributed by atoms with Gasteiger partial charge < -0.3 is 15.4 Å². The van der Waals surface area contributed by atoms with E-state index in [0.29, 0.717) is 22.7 Å². The Morgan fingerprint density at radius 1 is 0.733 bits per heavy atom. The number of carbonyl (C=O) groups is 2. The van der Waals surface area contributed by atoms with Crippen LogP contribution in [0.1, 0.15) is 16.7 Å². The summed E-state index contributed by atoms with van der Waals surface area (Å²) in [6.45, 7) is 3.80. The summed E-state index contributed by atoms with van der Waals surface area (Å²) in [5.74, 6) is -0.264. The lowest BCUT2D eigenvalue weighted by atomic mass is 10.1. The van der Waals surface area contributed by atoms with Crippen LogP contribution in [0, 0.1) is 13.8 Å². The number of benzene rings is 3. The fourth-order valence-electron chi connectivity index (χ4n) is 2.91. The van der Waals surface area contributed by atoms with Crippen molar-refractivity contribution in [1.82, 2.24) is 0 Å². The Bertz CT molecular complexity index is 1020. The van der Waals surface area contributed by atoms with Crippen LogP contribution in [0.3, 0.4) is 0 Å². The van der Waals surface area contributed by atoms with Crippen molar-refractivity contribution in [2.75, 3.05) is 17.7 Å². The maximum atomic E-state index is 13.0. The third-order valence-electron chi connectivity index (χ3n) is 4.70. The van der Waals surface area contributed by atoms with E-state index in [2.05, 4.69) is 10.6 Å². The highest BCUT2D eigenvalue weighted by atomic mass is 16.5. The number of methoxy groups -OCH3 is 1. The number of amides is 2. The van der Waals surface area contributed by atoms with Crippen LogP contribution in [0.2, 0.25) is 0 Å². The van der Waals surface area contributed by atoms with Gasteiger partial charge in [0.1, 0.15) is 11.3 Å². The van der Waals surface area contributed by atoms with Crippen molar-refractivity contribution in [2.24, 2.45) is 0 Å². The molecular formula is C25H24N2O3. The van der Waals surface area contributed by atoms with E-state index in [0.717, 1.165) is 11.1 Å². The SMILES string of the molecule is COc1ccc(C=C(C(=O)Nc2ccccc2C)C(=O)Nc2ccccc2C)cc1. The molecule has 0 aliphatic rings. The Hall–Kier alpha value is -3.86. The summed E-state index contributed by atoms with van der Waals surface area (Å²) in [7, 11) is 1.58. The number of rotatable bonds is 6. The number of aryl methyl sites for hydroxylation is 2. The summed E-state index contributed by atoms with van der Waals surface area (Å²) >= 11 is 0. The van der Waals surface area contributed by atoms with E-state index in [1.807, 2.05) is 50.2 Å². The normalized spacial score (nSPS) is 10.1. The lowest BCUT2D eigenvalue weighted by molar-refractivity contribution is -0.118. The van der Waals surface area contributed by atoms with E-state index in [1.165, 1.54) is 0 Å². The predicted molar refractivity (Wildman–Crippen MR) is 121 cm³/mol. The first-order valence-electron chi connectivity index (χ1n) is 9.57. The van der Waals surface area contributed by atoms with Crippen molar-refractivity contribution < 1.29 is 14.3 Å². The molecule has 2 amide bonds. The molecule has 0 bridgehead atoms. The number of nitrogens with one attached hydrogen (secondary N) is 2. The topological polar surface area (TPSA) is 67.4 Å². The molecule has 5 nitrogen and oxygen atoms in total. The third-order valence-corrected chi connectivity index (χ3v) is 4.70. The molecule has 5 heteroatoms. The number of anilines is 2. The minimum Gasteiger partial charge on any atom is -0.497 e. The van der Waals surface area contributed by atoms with Gasteiger partial charge in [-0.25, -0.2) is 0 Å². The van der Waals surface area contributed by atoms with Crippen molar-refractivity contribution in [3.8, 4) is 5.75 Å². The first-order valence-corrected chi connectivity index (χ1v) is 9.57. The quantitative estimate of drug-likeness (QED) is 0.349. The lowest BCUT2D eigenvalue weighted by Gasteiger charge is -2.13. The molecular weight excluding hydrogens is 376 g/mol. The van der Waals surface area contributed by atoms with Gasteiger partial charge in [-0.1, -0.05) is 48.5 Å². The van der Waals surface area contributed by atoms with Crippen LogP contribution < -0.4 is 15.4 Å². The smallest absolute Gasteiger partial charge is 0.261 e. The molecule has 3 aromatic carbocycles. The molecule has 3 aromatic rings. The second-order valence-corrected chi connectivity index (χ2v) is 6.87. The highest BCUT2D eigenvalue weighted by Gasteiger charge is 2.20. The Labute approximate surface area is 176 Å². The van der Waals surface area contributed by atoms with Crippen LogP contribution in [0.15, 0.2) is 78.4 Å². The van der Waals surface area contributed by atoms with Gasteiger partial charge in [0.05, 0.1) is 7.11 Å². The molecule has 0 aliphatic heterocycles. The minimum atomic E-state index is -0.480. The van der Waals surface area contributed by atoms with Crippen molar-refractivity contribution in [3.63, 3.8) is 0 Å². The van der Waals surface area contributed by atoms with Gasteiger partial charge in [0, 0.05) is 11.4 Å². The minimum absolute atomic E-state index is 0.00618. The number of hydrogen-bond acceptors (Lipinski definition) is 3. The van der Waals surface area contributed by atoms with Crippen LogP contribution in [-0.2, 0) is 9.59 Å². The summed E-state index contributed by atoms with van der Waals surface area (Å²) in [4.78, 5) is 26.1. The lowest BCUT2D eigenvalue weighted by Crippen LogP contribution is -2.25. The zero-order valence-electron chi connectivity index (χ0n) is 17.2.